The Bertz CT molecular complexity index is 629. The van der Waals surface area contributed by atoms with Crippen molar-refractivity contribution in [2.24, 2.45) is 5.92 Å². The van der Waals surface area contributed by atoms with E-state index in [0.29, 0.717) is 17.5 Å². The van der Waals surface area contributed by atoms with E-state index in [2.05, 4.69) is 34.5 Å². The van der Waals surface area contributed by atoms with E-state index >= 15 is 0 Å². The van der Waals surface area contributed by atoms with Crippen molar-refractivity contribution in [3.8, 4) is 0 Å². The van der Waals surface area contributed by atoms with Crippen molar-refractivity contribution >= 4 is 0 Å². The maximum absolute atomic E-state index is 5.58. The minimum Gasteiger partial charge on any atom is -0.381 e. The van der Waals surface area contributed by atoms with Crippen molar-refractivity contribution in [1.29, 1.82) is 0 Å². The number of piperidine rings is 1. The summed E-state index contributed by atoms with van der Waals surface area (Å²) in [6.45, 7) is 7.50. The summed E-state index contributed by atoms with van der Waals surface area (Å²) in [5, 5.41) is 4.01. The third-order valence-electron chi connectivity index (χ3n) is 7.51. The van der Waals surface area contributed by atoms with Gasteiger partial charge in [0.05, 0.1) is 6.61 Å². The molecule has 0 amide bonds. The molecule has 4 heteroatoms. The summed E-state index contributed by atoms with van der Waals surface area (Å²) in [5.74, 6) is 0.762. The second kappa shape index (κ2) is 7.82. The minimum absolute atomic E-state index is 0.391. The highest BCUT2D eigenvalue weighted by atomic mass is 16.5. The van der Waals surface area contributed by atoms with Crippen LogP contribution in [-0.4, -0.2) is 57.0 Å². The number of nitrogens with zero attached hydrogens (tertiary/aromatic N) is 1. The van der Waals surface area contributed by atoms with E-state index in [9.17, 15) is 0 Å². The van der Waals surface area contributed by atoms with Gasteiger partial charge < -0.3 is 19.7 Å². The lowest BCUT2D eigenvalue weighted by atomic mass is 9.73. The molecule has 3 saturated heterocycles. The van der Waals surface area contributed by atoms with Crippen LogP contribution in [0.1, 0.15) is 55.7 Å². The normalized spacial score (nSPS) is 31.4. The molecule has 2 atom stereocenters. The van der Waals surface area contributed by atoms with Crippen molar-refractivity contribution in [2.75, 3.05) is 46.1 Å². The number of nitrogens with one attached hydrogen (secondary N) is 1. The van der Waals surface area contributed by atoms with E-state index in [-0.39, 0.29) is 0 Å². The standard InChI is InChI=1S/C23H34N2O2/c1-2-4-21-20(3-1)22(24-19-6-13-26-14-7-19)15-23(21)8-10-25(11-9-23)16-18-5-12-27-17-18/h1-4,18-19,22,24H,5-17H2. The smallest absolute Gasteiger partial charge is 0.0507 e. The molecular weight excluding hydrogens is 336 g/mol. The van der Waals surface area contributed by atoms with Crippen LogP contribution in [0.15, 0.2) is 24.3 Å². The monoisotopic (exact) mass is 370 g/mol. The Morgan fingerprint density at radius 3 is 2.56 bits per heavy atom. The van der Waals surface area contributed by atoms with E-state index in [1.54, 1.807) is 11.1 Å². The van der Waals surface area contributed by atoms with Crippen LogP contribution in [0.4, 0.5) is 0 Å². The molecule has 3 aliphatic heterocycles. The fourth-order valence-electron chi connectivity index (χ4n) is 5.92. The Labute approximate surface area is 163 Å². The Hall–Kier alpha value is -0.940. The van der Waals surface area contributed by atoms with Gasteiger partial charge in [0.2, 0.25) is 0 Å². The highest BCUT2D eigenvalue weighted by molar-refractivity contribution is 5.42. The van der Waals surface area contributed by atoms with E-state index in [4.69, 9.17) is 9.47 Å². The SMILES string of the molecule is c1ccc2c(c1)C(NC1CCOCC1)CC21CCN(CC2CCOC2)CC1. The van der Waals surface area contributed by atoms with Gasteiger partial charge in [-0.25, -0.2) is 0 Å². The van der Waals surface area contributed by atoms with Crippen LogP contribution < -0.4 is 5.32 Å². The van der Waals surface area contributed by atoms with Crippen LogP contribution in [0.3, 0.4) is 0 Å². The van der Waals surface area contributed by atoms with Crippen LogP contribution >= 0.6 is 0 Å². The Balaban J connectivity index is 1.27. The zero-order chi connectivity index (χ0) is 18.1. The molecule has 2 unspecified atom stereocenters. The number of fused-ring (bicyclic) bond motifs is 2. The second-order valence-electron chi connectivity index (χ2n) is 9.21. The van der Waals surface area contributed by atoms with Gasteiger partial charge in [0.15, 0.2) is 0 Å². The summed E-state index contributed by atoms with van der Waals surface area (Å²) in [5.41, 5.74) is 3.60. The minimum atomic E-state index is 0.391. The third kappa shape index (κ3) is 3.69. The molecule has 0 aromatic heterocycles. The van der Waals surface area contributed by atoms with Gasteiger partial charge in [0.25, 0.3) is 0 Å². The highest BCUT2D eigenvalue weighted by Gasteiger charge is 2.45. The lowest BCUT2D eigenvalue weighted by Gasteiger charge is -2.41. The van der Waals surface area contributed by atoms with Crippen LogP contribution in [0.5, 0.6) is 0 Å². The molecular formula is C23H34N2O2. The van der Waals surface area contributed by atoms with E-state index < -0.39 is 0 Å². The Kier molecular flexibility index (Phi) is 5.25. The average molecular weight is 371 g/mol. The summed E-state index contributed by atoms with van der Waals surface area (Å²) in [6.07, 6.45) is 7.46. The first-order valence-electron chi connectivity index (χ1n) is 11.1. The highest BCUT2D eigenvalue weighted by Crippen LogP contribution is 2.51. The molecule has 1 aromatic rings. The fourth-order valence-corrected chi connectivity index (χ4v) is 5.92. The first kappa shape index (κ1) is 18.1. The van der Waals surface area contributed by atoms with Gasteiger partial charge in [0.1, 0.15) is 0 Å². The predicted molar refractivity (Wildman–Crippen MR) is 107 cm³/mol. The maximum Gasteiger partial charge on any atom is 0.0507 e. The molecule has 3 fully saturated rings. The Morgan fingerprint density at radius 2 is 1.78 bits per heavy atom. The molecule has 4 nitrogen and oxygen atoms in total. The van der Waals surface area contributed by atoms with Crippen LogP contribution in [0.2, 0.25) is 0 Å². The largest absolute Gasteiger partial charge is 0.381 e. The topological polar surface area (TPSA) is 33.7 Å². The third-order valence-corrected chi connectivity index (χ3v) is 7.51. The Morgan fingerprint density at radius 1 is 1.00 bits per heavy atom. The number of hydrogen-bond donors (Lipinski definition) is 1. The first-order valence-corrected chi connectivity index (χ1v) is 11.1. The summed E-state index contributed by atoms with van der Waals surface area (Å²) < 4.78 is 11.1. The lowest BCUT2D eigenvalue weighted by molar-refractivity contribution is 0.0728. The molecule has 0 radical (unpaired) electrons. The summed E-state index contributed by atoms with van der Waals surface area (Å²) in [6, 6.07) is 10.4. The molecule has 0 bridgehead atoms. The van der Waals surface area contributed by atoms with Crippen LogP contribution in [0.25, 0.3) is 0 Å². The van der Waals surface area contributed by atoms with Gasteiger partial charge in [-0.1, -0.05) is 24.3 Å². The van der Waals surface area contributed by atoms with Gasteiger partial charge >= 0.3 is 0 Å². The number of likely N-dealkylation sites (tertiary alicyclic amines) is 1. The average Bonchev–Trinajstić information content (AvgIpc) is 3.32. The van der Waals surface area contributed by atoms with E-state index in [0.717, 1.165) is 45.2 Å². The van der Waals surface area contributed by atoms with Crippen molar-refractivity contribution < 1.29 is 9.47 Å². The molecule has 1 spiro atoms. The van der Waals surface area contributed by atoms with Gasteiger partial charge in [-0.2, -0.15) is 0 Å². The fraction of sp³-hybridized carbons (Fsp3) is 0.739. The number of benzene rings is 1. The van der Waals surface area contributed by atoms with Crippen molar-refractivity contribution in [1.82, 2.24) is 10.2 Å². The second-order valence-corrected chi connectivity index (χ2v) is 9.21. The predicted octanol–water partition coefficient (Wildman–Crippen LogP) is 3.27. The molecule has 1 aromatic carbocycles. The van der Waals surface area contributed by atoms with Gasteiger partial charge in [0, 0.05) is 38.4 Å². The number of ether oxygens (including phenoxy) is 2. The van der Waals surface area contributed by atoms with Crippen LogP contribution in [-0.2, 0) is 14.9 Å². The molecule has 1 aliphatic carbocycles. The van der Waals surface area contributed by atoms with Crippen molar-refractivity contribution in [3.05, 3.63) is 35.4 Å². The molecule has 4 aliphatic rings. The summed E-state index contributed by atoms with van der Waals surface area (Å²) in [7, 11) is 0. The quantitative estimate of drug-likeness (QED) is 0.882. The zero-order valence-corrected chi connectivity index (χ0v) is 16.5. The van der Waals surface area contributed by atoms with Crippen molar-refractivity contribution in [3.63, 3.8) is 0 Å². The van der Waals surface area contributed by atoms with Crippen molar-refractivity contribution in [2.45, 2.75) is 56.0 Å². The van der Waals surface area contributed by atoms with Gasteiger partial charge in [-0.15, -0.1) is 0 Å². The molecule has 27 heavy (non-hydrogen) atoms. The van der Waals surface area contributed by atoms with E-state index in [1.165, 1.54) is 45.3 Å². The summed E-state index contributed by atoms with van der Waals surface area (Å²) in [4.78, 5) is 2.70. The first-order chi connectivity index (χ1) is 13.3. The lowest BCUT2D eigenvalue weighted by Crippen LogP contribution is -2.44. The summed E-state index contributed by atoms with van der Waals surface area (Å²) >= 11 is 0. The molecule has 1 N–H and O–H groups in total. The molecule has 3 heterocycles. The molecule has 0 saturated carbocycles. The van der Waals surface area contributed by atoms with Crippen LogP contribution in [0, 0.1) is 5.92 Å². The zero-order valence-electron chi connectivity index (χ0n) is 16.5. The maximum atomic E-state index is 5.58. The van der Waals surface area contributed by atoms with E-state index in [1.807, 2.05) is 0 Å². The van der Waals surface area contributed by atoms with Gasteiger partial charge in [-0.05, 0) is 74.1 Å². The number of hydrogen-bond acceptors (Lipinski definition) is 4. The number of rotatable bonds is 4. The molecule has 5 rings (SSSR count). The van der Waals surface area contributed by atoms with Gasteiger partial charge in [-0.3, -0.25) is 0 Å². The molecule has 148 valence electrons.